The summed E-state index contributed by atoms with van der Waals surface area (Å²) in [5, 5.41) is 10.7. The van der Waals surface area contributed by atoms with Crippen molar-refractivity contribution in [2.24, 2.45) is 5.41 Å². The molecule has 0 aliphatic carbocycles. The molecule has 4 heteroatoms. The maximum absolute atomic E-state index is 11.7. The van der Waals surface area contributed by atoms with E-state index in [1.165, 1.54) is 0 Å². The average Bonchev–Trinajstić information content (AvgIpc) is 2.45. The summed E-state index contributed by atoms with van der Waals surface area (Å²) in [6, 6.07) is 11.3. The normalized spacial score (nSPS) is 21.4. The molecule has 3 rings (SSSR count). The van der Waals surface area contributed by atoms with E-state index >= 15 is 0 Å². The maximum Gasteiger partial charge on any atom is 0.326 e. The molecule has 2 aromatic rings. The monoisotopic (exact) mass is 284 g/mol. The van der Waals surface area contributed by atoms with Crippen LogP contribution in [0.15, 0.2) is 36.4 Å². The van der Waals surface area contributed by atoms with Gasteiger partial charge in [0.2, 0.25) is 0 Å². The van der Waals surface area contributed by atoms with Gasteiger partial charge in [0.25, 0.3) is 0 Å². The van der Waals surface area contributed by atoms with Gasteiger partial charge >= 0.3 is 5.97 Å². The minimum absolute atomic E-state index is 0.253. The molecule has 0 radical (unpaired) electrons. The standard InChI is InChI=1S/C17H20N2O2/c1-17(2)10-5-11-19(15(17)16(20)21)14-9-8-12-6-3-4-7-13(12)18-14/h3-4,6-9,15H,5,10-11H2,1-2H3,(H,20,21). The fourth-order valence-corrected chi connectivity index (χ4v) is 3.32. The van der Waals surface area contributed by atoms with Crippen LogP contribution in [0.5, 0.6) is 0 Å². The maximum atomic E-state index is 11.7. The summed E-state index contributed by atoms with van der Waals surface area (Å²) in [5.41, 5.74) is 0.653. The van der Waals surface area contributed by atoms with Crippen molar-refractivity contribution in [2.45, 2.75) is 32.7 Å². The van der Waals surface area contributed by atoms with Crippen LogP contribution in [0.2, 0.25) is 0 Å². The van der Waals surface area contributed by atoms with Crippen molar-refractivity contribution in [3.8, 4) is 0 Å². The van der Waals surface area contributed by atoms with E-state index in [4.69, 9.17) is 0 Å². The van der Waals surface area contributed by atoms with Gasteiger partial charge in [-0.05, 0) is 36.5 Å². The number of hydrogen-bond donors (Lipinski definition) is 1. The highest BCUT2D eigenvalue weighted by Crippen LogP contribution is 2.37. The number of para-hydroxylation sites is 1. The lowest BCUT2D eigenvalue weighted by Crippen LogP contribution is -2.54. The summed E-state index contributed by atoms with van der Waals surface area (Å²) in [6.07, 6.45) is 1.92. The first-order valence-corrected chi connectivity index (χ1v) is 7.34. The number of aromatic nitrogens is 1. The highest BCUT2D eigenvalue weighted by atomic mass is 16.4. The van der Waals surface area contributed by atoms with E-state index in [0.717, 1.165) is 36.1 Å². The van der Waals surface area contributed by atoms with Crippen LogP contribution in [0.4, 0.5) is 5.82 Å². The number of nitrogens with zero attached hydrogens (tertiary/aromatic N) is 2. The molecule has 4 nitrogen and oxygen atoms in total. The summed E-state index contributed by atoms with van der Waals surface area (Å²) in [4.78, 5) is 18.4. The fourth-order valence-electron chi connectivity index (χ4n) is 3.32. The molecule has 1 aliphatic heterocycles. The molecular formula is C17H20N2O2. The van der Waals surface area contributed by atoms with Crippen molar-refractivity contribution >= 4 is 22.7 Å². The van der Waals surface area contributed by atoms with Crippen molar-refractivity contribution < 1.29 is 9.90 Å². The molecular weight excluding hydrogens is 264 g/mol. The first-order chi connectivity index (χ1) is 9.99. The second-order valence-corrected chi connectivity index (χ2v) is 6.39. The number of hydrogen-bond acceptors (Lipinski definition) is 3. The third kappa shape index (κ3) is 2.46. The average molecular weight is 284 g/mol. The fraction of sp³-hybridized carbons (Fsp3) is 0.412. The quantitative estimate of drug-likeness (QED) is 0.919. The Morgan fingerprint density at radius 3 is 2.81 bits per heavy atom. The summed E-state index contributed by atoms with van der Waals surface area (Å²) >= 11 is 0. The first-order valence-electron chi connectivity index (χ1n) is 7.34. The van der Waals surface area contributed by atoms with E-state index in [1.807, 2.05) is 55.1 Å². The summed E-state index contributed by atoms with van der Waals surface area (Å²) < 4.78 is 0. The second-order valence-electron chi connectivity index (χ2n) is 6.39. The first kappa shape index (κ1) is 13.9. The van der Waals surface area contributed by atoms with E-state index in [9.17, 15) is 9.90 Å². The predicted molar refractivity (Wildman–Crippen MR) is 83.5 cm³/mol. The van der Waals surface area contributed by atoms with Crippen molar-refractivity contribution in [2.75, 3.05) is 11.4 Å². The van der Waals surface area contributed by atoms with Gasteiger partial charge in [0.1, 0.15) is 11.9 Å². The van der Waals surface area contributed by atoms with Gasteiger partial charge in [-0.3, -0.25) is 0 Å². The number of benzene rings is 1. The smallest absolute Gasteiger partial charge is 0.326 e. The molecule has 21 heavy (non-hydrogen) atoms. The van der Waals surface area contributed by atoms with Crippen LogP contribution in [0.1, 0.15) is 26.7 Å². The van der Waals surface area contributed by atoms with Gasteiger partial charge < -0.3 is 10.0 Å². The predicted octanol–water partition coefficient (Wildman–Crippen LogP) is 3.31. The molecule has 1 aliphatic rings. The molecule has 2 heterocycles. The van der Waals surface area contributed by atoms with Gasteiger partial charge in [0.05, 0.1) is 5.52 Å². The molecule has 1 aromatic carbocycles. The van der Waals surface area contributed by atoms with Gasteiger partial charge in [-0.15, -0.1) is 0 Å². The second kappa shape index (κ2) is 5.02. The Morgan fingerprint density at radius 1 is 1.29 bits per heavy atom. The van der Waals surface area contributed by atoms with Gasteiger partial charge in [-0.25, -0.2) is 9.78 Å². The van der Waals surface area contributed by atoms with Crippen LogP contribution >= 0.6 is 0 Å². The Morgan fingerprint density at radius 2 is 2.05 bits per heavy atom. The molecule has 1 N–H and O–H groups in total. The Labute approximate surface area is 124 Å². The van der Waals surface area contributed by atoms with Crippen LogP contribution in [-0.2, 0) is 4.79 Å². The highest BCUT2D eigenvalue weighted by molar-refractivity contribution is 5.83. The van der Waals surface area contributed by atoms with E-state index in [1.54, 1.807) is 0 Å². The summed E-state index contributed by atoms with van der Waals surface area (Å²) in [7, 11) is 0. The number of pyridine rings is 1. The lowest BCUT2D eigenvalue weighted by Gasteiger charge is -2.44. The number of carbonyl (C=O) groups is 1. The Kier molecular flexibility index (Phi) is 3.32. The van der Waals surface area contributed by atoms with Gasteiger partial charge in [0.15, 0.2) is 0 Å². The van der Waals surface area contributed by atoms with E-state index in [-0.39, 0.29) is 5.41 Å². The molecule has 110 valence electrons. The lowest BCUT2D eigenvalue weighted by atomic mass is 9.76. The van der Waals surface area contributed by atoms with Crippen molar-refractivity contribution in [3.05, 3.63) is 36.4 Å². The zero-order chi connectivity index (χ0) is 15.0. The van der Waals surface area contributed by atoms with E-state index < -0.39 is 12.0 Å². The van der Waals surface area contributed by atoms with E-state index in [2.05, 4.69) is 4.98 Å². The summed E-state index contributed by atoms with van der Waals surface area (Å²) in [5.74, 6) is -0.0106. The molecule has 1 fully saturated rings. The Bertz CT molecular complexity index is 681. The number of carboxylic acid groups (broad SMARTS) is 1. The van der Waals surface area contributed by atoms with Crippen LogP contribution < -0.4 is 4.90 Å². The van der Waals surface area contributed by atoms with Gasteiger partial charge in [-0.1, -0.05) is 32.0 Å². The van der Waals surface area contributed by atoms with Gasteiger partial charge in [0, 0.05) is 11.9 Å². The van der Waals surface area contributed by atoms with Crippen LogP contribution in [0.25, 0.3) is 10.9 Å². The molecule has 0 saturated carbocycles. The van der Waals surface area contributed by atoms with Crippen LogP contribution in [0.3, 0.4) is 0 Å². The largest absolute Gasteiger partial charge is 0.480 e. The number of piperidine rings is 1. The molecule has 1 unspecified atom stereocenters. The third-order valence-corrected chi connectivity index (χ3v) is 4.38. The van der Waals surface area contributed by atoms with Gasteiger partial charge in [-0.2, -0.15) is 0 Å². The van der Waals surface area contributed by atoms with E-state index in [0.29, 0.717) is 0 Å². The topological polar surface area (TPSA) is 53.4 Å². The number of fused-ring (bicyclic) bond motifs is 1. The molecule has 0 amide bonds. The van der Waals surface area contributed by atoms with Crippen LogP contribution in [0, 0.1) is 5.41 Å². The highest BCUT2D eigenvalue weighted by Gasteiger charge is 2.43. The number of anilines is 1. The number of rotatable bonds is 2. The molecule has 0 bridgehead atoms. The van der Waals surface area contributed by atoms with Crippen molar-refractivity contribution in [1.29, 1.82) is 0 Å². The number of aliphatic carboxylic acids is 1. The molecule has 1 atom stereocenters. The Balaban J connectivity index is 2.04. The minimum atomic E-state index is -0.769. The molecule has 1 aromatic heterocycles. The third-order valence-electron chi connectivity index (χ3n) is 4.38. The summed E-state index contributed by atoms with van der Waals surface area (Å²) in [6.45, 7) is 4.80. The SMILES string of the molecule is CC1(C)CCCN(c2ccc3ccccc3n2)C1C(=O)O. The van der Waals surface area contributed by atoms with Crippen molar-refractivity contribution in [3.63, 3.8) is 0 Å². The molecule has 0 spiro atoms. The van der Waals surface area contributed by atoms with Crippen molar-refractivity contribution in [1.82, 2.24) is 4.98 Å². The Hall–Kier alpha value is -2.10. The zero-order valence-corrected chi connectivity index (χ0v) is 12.4. The number of carboxylic acids is 1. The van der Waals surface area contributed by atoms with Crippen LogP contribution in [-0.4, -0.2) is 28.6 Å². The lowest BCUT2D eigenvalue weighted by molar-refractivity contribution is -0.142. The zero-order valence-electron chi connectivity index (χ0n) is 12.4. The molecule has 1 saturated heterocycles. The minimum Gasteiger partial charge on any atom is -0.480 e.